The van der Waals surface area contributed by atoms with Crippen molar-refractivity contribution in [1.29, 1.82) is 0 Å². The molecule has 2 aliphatic carbocycles. The topological polar surface area (TPSA) is 41.6 Å². The van der Waals surface area contributed by atoms with Gasteiger partial charge in [0.2, 0.25) is 0 Å². The average Bonchev–Trinajstić information content (AvgIpc) is 2.92. The fourth-order valence-electron chi connectivity index (χ4n) is 4.30. The molecule has 5 aliphatic rings. The number of allylic oxidation sites excluding steroid dienone is 2. The lowest BCUT2D eigenvalue weighted by molar-refractivity contribution is 0.0265. The lowest BCUT2D eigenvalue weighted by Gasteiger charge is -2.45. The summed E-state index contributed by atoms with van der Waals surface area (Å²) in [7, 11) is 0. The van der Waals surface area contributed by atoms with Crippen LogP contribution in [0.1, 0.15) is 44.9 Å². The predicted molar refractivity (Wildman–Crippen MR) is 80.7 cm³/mol. The highest BCUT2D eigenvalue weighted by atomic mass is 16.6. The third-order valence-corrected chi connectivity index (χ3v) is 5.54. The van der Waals surface area contributed by atoms with Gasteiger partial charge in [0.25, 0.3) is 0 Å². The maximum Gasteiger partial charge on any atom is 0.409 e. The largest absolute Gasteiger partial charge is 0.437 e. The second-order valence-electron chi connectivity index (χ2n) is 6.82. The fraction of sp³-hybridized carbons (Fsp3) is 0.706. The molecular weight excluding hydrogens is 264 g/mol. The van der Waals surface area contributed by atoms with Crippen molar-refractivity contribution in [2.45, 2.75) is 57.2 Å². The minimum atomic E-state index is -0.249. The van der Waals surface area contributed by atoms with Gasteiger partial charge >= 0.3 is 6.09 Å². The molecule has 21 heavy (non-hydrogen) atoms. The highest BCUT2D eigenvalue weighted by Crippen LogP contribution is 2.34. The smallest absolute Gasteiger partial charge is 0.409 e. The number of nitrogens with one attached hydrogen (secondary N) is 1. The lowest BCUT2D eigenvalue weighted by Crippen LogP contribution is -2.56. The van der Waals surface area contributed by atoms with Gasteiger partial charge in [-0.2, -0.15) is 0 Å². The number of rotatable bonds is 2. The van der Waals surface area contributed by atoms with E-state index in [-0.39, 0.29) is 18.4 Å². The van der Waals surface area contributed by atoms with Crippen LogP contribution < -0.4 is 5.32 Å². The van der Waals surface area contributed by atoms with Gasteiger partial charge in [0, 0.05) is 13.1 Å². The Hall–Kier alpha value is -1.29. The lowest BCUT2D eigenvalue weighted by atomic mass is 9.86. The summed E-state index contributed by atoms with van der Waals surface area (Å²) in [5.74, 6) is 0.791. The zero-order valence-corrected chi connectivity index (χ0v) is 12.5. The van der Waals surface area contributed by atoms with Crippen LogP contribution in [-0.2, 0) is 4.74 Å². The number of hydrogen-bond acceptors (Lipinski definition) is 3. The number of fused-ring (bicyclic) bond motifs is 3. The molecule has 2 unspecified atom stereocenters. The molecule has 2 bridgehead atoms. The van der Waals surface area contributed by atoms with Crippen molar-refractivity contribution in [3.05, 3.63) is 23.3 Å². The Morgan fingerprint density at radius 1 is 1.24 bits per heavy atom. The van der Waals surface area contributed by atoms with Gasteiger partial charge in [0.05, 0.1) is 6.17 Å². The molecule has 1 amide bonds. The Labute approximate surface area is 126 Å². The third kappa shape index (κ3) is 2.61. The van der Waals surface area contributed by atoms with E-state index in [0.29, 0.717) is 0 Å². The number of carbonyl (C=O) groups excluding carboxylic acids is 1. The number of alkyl carbamates (subject to hydrolysis) is 1. The van der Waals surface area contributed by atoms with Crippen LogP contribution in [0.3, 0.4) is 0 Å². The second kappa shape index (κ2) is 5.48. The number of piperidine rings is 3. The van der Waals surface area contributed by atoms with Gasteiger partial charge in [0.1, 0.15) is 6.10 Å². The average molecular weight is 288 g/mol. The molecule has 3 fully saturated rings. The molecule has 0 aromatic rings. The Bertz CT molecular complexity index is 489. The first-order chi connectivity index (χ1) is 10.3. The zero-order chi connectivity index (χ0) is 14.2. The number of carbonyl (C=O) groups is 1. The van der Waals surface area contributed by atoms with E-state index in [0.717, 1.165) is 38.3 Å². The SMILES string of the molecule is O=C(NC1CC2CCN1CC2)OC1C=CC2=C1CCCC2. The molecule has 2 atom stereocenters. The first kappa shape index (κ1) is 13.4. The molecular formula is C17H24N2O2. The minimum Gasteiger partial charge on any atom is -0.437 e. The molecule has 0 spiro atoms. The number of nitrogens with zero attached hydrogens (tertiary/aromatic N) is 1. The maximum absolute atomic E-state index is 12.2. The van der Waals surface area contributed by atoms with Crippen molar-refractivity contribution in [2.75, 3.05) is 13.1 Å². The van der Waals surface area contributed by atoms with Crippen LogP contribution >= 0.6 is 0 Å². The van der Waals surface area contributed by atoms with E-state index < -0.39 is 0 Å². The summed E-state index contributed by atoms with van der Waals surface area (Å²) in [5, 5.41) is 3.08. The molecule has 5 rings (SSSR count). The maximum atomic E-state index is 12.2. The van der Waals surface area contributed by atoms with Gasteiger partial charge in [-0.05, 0) is 68.1 Å². The normalized spacial score (nSPS) is 37.5. The Balaban J connectivity index is 1.34. The van der Waals surface area contributed by atoms with Crippen LogP contribution in [0.25, 0.3) is 0 Å². The van der Waals surface area contributed by atoms with Crippen molar-refractivity contribution in [3.63, 3.8) is 0 Å². The Morgan fingerprint density at radius 3 is 2.81 bits per heavy atom. The number of amides is 1. The Morgan fingerprint density at radius 2 is 2.05 bits per heavy atom. The van der Waals surface area contributed by atoms with Gasteiger partial charge in [-0.15, -0.1) is 0 Å². The van der Waals surface area contributed by atoms with E-state index in [9.17, 15) is 4.79 Å². The van der Waals surface area contributed by atoms with Crippen LogP contribution in [0.15, 0.2) is 23.3 Å². The highest BCUT2D eigenvalue weighted by Gasteiger charge is 2.35. The first-order valence-electron chi connectivity index (χ1n) is 8.41. The van der Waals surface area contributed by atoms with Gasteiger partial charge < -0.3 is 10.1 Å². The molecule has 0 radical (unpaired) electrons. The summed E-state index contributed by atoms with van der Waals surface area (Å²) in [6.45, 7) is 2.24. The summed E-state index contributed by atoms with van der Waals surface area (Å²) in [5.41, 5.74) is 2.74. The van der Waals surface area contributed by atoms with Crippen LogP contribution in [-0.4, -0.2) is 36.4 Å². The van der Waals surface area contributed by atoms with E-state index >= 15 is 0 Å². The van der Waals surface area contributed by atoms with Crippen LogP contribution in [0.2, 0.25) is 0 Å². The van der Waals surface area contributed by atoms with Crippen molar-refractivity contribution in [1.82, 2.24) is 10.2 Å². The Kier molecular flexibility index (Phi) is 3.49. The van der Waals surface area contributed by atoms with Crippen molar-refractivity contribution < 1.29 is 9.53 Å². The molecule has 3 saturated heterocycles. The predicted octanol–water partition coefficient (Wildman–Crippen LogP) is 2.96. The van der Waals surface area contributed by atoms with Crippen LogP contribution in [0.4, 0.5) is 4.79 Å². The molecule has 3 aliphatic heterocycles. The second-order valence-corrected chi connectivity index (χ2v) is 6.82. The van der Waals surface area contributed by atoms with E-state index in [4.69, 9.17) is 4.74 Å². The summed E-state index contributed by atoms with van der Waals surface area (Å²) in [4.78, 5) is 14.6. The molecule has 114 valence electrons. The quantitative estimate of drug-likeness (QED) is 0.849. The zero-order valence-electron chi connectivity index (χ0n) is 12.5. The fourth-order valence-corrected chi connectivity index (χ4v) is 4.30. The van der Waals surface area contributed by atoms with Gasteiger partial charge in [-0.1, -0.05) is 6.08 Å². The molecule has 4 nitrogen and oxygen atoms in total. The van der Waals surface area contributed by atoms with Gasteiger partial charge in [-0.3, -0.25) is 4.90 Å². The third-order valence-electron chi connectivity index (χ3n) is 5.54. The van der Waals surface area contributed by atoms with Gasteiger partial charge in [0.15, 0.2) is 0 Å². The van der Waals surface area contributed by atoms with E-state index in [1.807, 2.05) is 6.08 Å². The standard InChI is InChI=1S/C17H24N2O2/c20-17(18-16-11-12-7-9-19(16)10-8-12)21-15-6-5-13-3-1-2-4-14(13)15/h5-6,12,15-16H,1-4,7-11H2,(H,18,20). The summed E-state index contributed by atoms with van der Waals surface area (Å²) < 4.78 is 5.67. The summed E-state index contributed by atoms with van der Waals surface area (Å²) in [6, 6.07) is 0. The minimum absolute atomic E-state index is 0.115. The molecule has 3 heterocycles. The molecule has 4 heteroatoms. The monoisotopic (exact) mass is 288 g/mol. The van der Waals surface area contributed by atoms with Crippen molar-refractivity contribution >= 4 is 6.09 Å². The highest BCUT2D eigenvalue weighted by molar-refractivity contribution is 5.68. The molecule has 1 N–H and O–H groups in total. The van der Waals surface area contributed by atoms with Crippen molar-refractivity contribution in [3.8, 4) is 0 Å². The summed E-state index contributed by atoms with van der Waals surface area (Å²) in [6.07, 6.45) is 12.4. The number of hydrogen-bond donors (Lipinski definition) is 1. The van der Waals surface area contributed by atoms with E-state index in [1.54, 1.807) is 0 Å². The molecule has 0 aromatic carbocycles. The van der Waals surface area contributed by atoms with Crippen LogP contribution in [0, 0.1) is 5.92 Å². The van der Waals surface area contributed by atoms with Crippen molar-refractivity contribution in [2.24, 2.45) is 5.92 Å². The van der Waals surface area contributed by atoms with Crippen LogP contribution in [0.5, 0.6) is 0 Å². The van der Waals surface area contributed by atoms with E-state index in [1.165, 1.54) is 36.8 Å². The number of ether oxygens (including phenoxy) is 1. The van der Waals surface area contributed by atoms with E-state index in [2.05, 4.69) is 16.3 Å². The molecule has 0 aromatic heterocycles. The summed E-state index contributed by atoms with van der Waals surface area (Å²) >= 11 is 0. The molecule has 0 saturated carbocycles. The first-order valence-corrected chi connectivity index (χ1v) is 8.41. The van der Waals surface area contributed by atoms with Gasteiger partial charge in [-0.25, -0.2) is 4.79 Å².